The van der Waals surface area contributed by atoms with E-state index < -0.39 is 0 Å². The first-order valence-corrected chi connectivity index (χ1v) is 7.04. The largest absolute Gasteiger partial charge is 0.394 e. The molecule has 0 aromatic heterocycles. The fraction of sp³-hybridized carbons (Fsp3) is 0.533. The van der Waals surface area contributed by atoms with Crippen LogP contribution in [0.5, 0.6) is 0 Å². The van der Waals surface area contributed by atoms with E-state index in [4.69, 9.17) is 16.7 Å². The smallest absolute Gasteiger partial charge is 0.317 e. The summed E-state index contributed by atoms with van der Waals surface area (Å²) in [6, 6.07) is 7.22. The summed E-state index contributed by atoms with van der Waals surface area (Å²) in [5, 5.41) is 12.6. The Bertz CT molecular complexity index is 463. The lowest BCUT2D eigenvalue weighted by atomic mass is 9.84. The standard InChI is InChI=1S/C15H23ClN2O2/c1-11(9-19)18(4)14(20)17-10-15(2,3)12-7-5-6-8-13(12)16/h5-8,11,19H,9-10H2,1-4H3,(H,17,20). The van der Waals surface area contributed by atoms with Crippen molar-refractivity contribution in [2.45, 2.75) is 32.2 Å². The highest BCUT2D eigenvalue weighted by Gasteiger charge is 2.25. The zero-order chi connectivity index (χ0) is 15.3. The number of nitrogens with zero attached hydrogens (tertiary/aromatic N) is 1. The highest BCUT2D eigenvalue weighted by molar-refractivity contribution is 6.31. The van der Waals surface area contributed by atoms with E-state index in [1.165, 1.54) is 4.90 Å². The maximum absolute atomic E-state index is 12.0. The van der Waals surface area contributed by atoms with Gasteiger partial charge in [0.25, 0.3) is 0 Å². The van der Waals surface area contributed by atoms with Crippen molar-refractivity contribution in [2.75, 3.05) is 20.2 Å². The first-order chi connectivity index (χ1) is 9.29. The number of aliphatic hydroxyl groups is 1. The second-order valence-corrected chi connectivity index (χ2v) is 6.07. The molecule has 1 atom stereocenters. The number of rotatable bonds is 5. The van der Waals surface area contributed by atoms with Gasteiger partial charge in [-0.05, 0) is 18.6 Å². The maximum Gasteiger partial charge on any atom is 0.317 e. The molecule has 4 nitrogen and oxygen atoms in total. The Morgan fingerprint density at radius 3 is 2.60 bits per heavy atom. The molecular weight excluding hydrogens is 276 g/mol. The maximum atomic E-state index is 12.0. The van der Waals surface area contributed by atoms with Gasteiger partial charge in [0.15, 0.2) is 0 Å². The predicted molar refractivity (Wildman–Crippen MR) is 82.2 cm³/mol. The molecule has 1 aromatic carbocycles. The first-order valence-electron chi connectivity index (χ1n) is 6.66. The van der Waals surface area contributed by atoms with E-state index in [2.05, 4.69) is 5.32 Å². The summed E-state index contributed by atoms with van der Waals surface area (Å²) in [5.74, 6) is 0. The molecule has 0 spiro atoms. The fourth-order valence-corrected chi connectivity index (χ4v) is 2.24. The fourth-order valence-electron chi connectivity index (χ4n) is 1.85. The van der Waals surface area contributed by atoms with Gasteiger partial charge in [-0.25, -0.2) is 4.79 Å². The summed E-state index contributed by atoms with van der Waals surface area (Å²) in [7, 11) is 1.67. The third-order valence-electron chi connectivity index (χ3n) is 3.53. The van der Waals surface area contributed by atoms with Crippen LogP contribution in [0.4, 0.5) is 4.79 Å². The highest BCUT2D eigenvalue weighted by Crippen LogP contribution is 2.29. The molecule has 20 heavy (non-hydrogen) atoms. The Labute approximate surface area is 125 Å². The van der Waals surface area contributed by atoms with Crippen molar-refractivity contribution in [3.8, 4) is 0 Å². The van der Waals surface area contributed by atoms with Crippen molar-refractivity contribution >= 4 is 17.6 Å². The van der Waals surface area contributed by atoms with E-state index in [1.807, 2.05) is 38.1 Å². The quantitative estimate of drug-likeness (QED) is 0.878. The van der Waals surface area contributed by atoms with E-state index >= 15 is 0 Å². The molecule has 0 aliphatic carbocycles. The molecule has 5 heteroatoms. The van der Waals surface area contributed by atoms with Crippen LogP contribution in [0.15, 0.2) is 24.3 Å². The van der Waals surface area contributed by atoms with Crippen molar-refractivity contribution in [1.82, 2.24) is 10.2 Å². The van der Waals surface area contributed by atoms with Gasteiger partial charge in [0.2, 0.25) is 0 Å². The Hall–Kier alpha value is -1.26. The van der Waals surface area contributed by atoms with Crippen LogP contribution in [0.2, 0.25) is 5.02 Å². The molecule has 1 rings (SSSR count). The number of urea groups is 1. The van der Waals surface area contributed by atoms with Gasteiger partial charge >= 0.3 is 6.03 Å². The molecule has 0 saturated carbocycles. The second-order valence-electron chi connectivity index (χ2n) is 5.66. The molecule has 0 aliphatic heterocycles. The minimum atomic E-state index is -0.267. The Kier molecular flexibility index (Phi) is 5.84. The average Bonchev–Trinajstić information content (AvgIpc) is 2.43. The molecule has 0 aliphatic rings. The summed E-state index contributed by atoms with van der Waals surface area (Å²) >= 11 is 6.20. The topological polar surface area (TPSA) is 52.6 Å². The van der Waals surface area contributed by atoms with E-state index in [1.54, 1.807) is 14.0 Å². The molecule has 2 amide bonds. The van der Waals surface area contributed by atoms with Gasteiger partial charge < -0.3 is 15.3 Å². The van der Waals surface area contributed by atoms with Gasteiger partial charge in [-0.1, -0.05) is 43.6 Å². The zero-order valence-corrected chi connectivity index (χ0v) is 13.2. The van der Waals surface area contributed by atoms with Crippen molar-refractivity contribution in [2.24, 2.45) is 0 Å². The number of carbonyl (C=O) groups excluding carboxylic acids is 1. The molecule has 2 N–H and O–H groups in total. The minimum absolute atomic E-state index is 0.0577. The van der Waals surface area contributed by atoms with Crippen LogP contribution in [0.1, 0.15) is 26.3 Å². The number of hydrogen-bond donors (Lipinski definition) is 2. The lowest BCUT2D eigenvalue weighted by molar-refractivity contribution is 0.156. The van der Waals surface area contributed by atoms with Crippen LogP contribution in [-0.2, 0) is 5.41 Å². The van der Waals surface area contributed by atoms with Crippen molar-refractivity contribution in [3.05, 3.63) is 34.9 Å². The van der Waals surface area contributed by atoms with Gasteiger partial charge in [0.05, 0.1) is 12.6 Å². The summed E-state index contributed by atoms with van der Waals surface area (Å²) in [6.45, 7) is 6.27. The zero-order valence-electron chi connectivity index (χ0n) is 12.5. The van der Waals surface area contributed by atoms with Crippen LogP contribution in [0, 0.1) is 0 Å². The molecule has 0 saturated heterocycles. The van der Waals surface area contributed by atoms with Gasteiger partial charge in [-0.3, -0.25) is 0 Å². The third kappa shape index (κ3) is 4.12. The van der Waals surface area contributed by atoms with Gasteiger partial charge in [-0.2, -0.15) is 0 Å². The average molecular weight is 299 g/mol. The second kappa shape index (κ2) is 6.95. The minimum Gasteiger partial charge on any atom is -0.394 e. The molecular formula is C15H23ClN2O2. The van der Waals surface area contributed by atoms with E-state index in [0.717, 1.165) is 5.56 Å². The van der Waals surface area contributed by atoms with Crippen LogP contribution in [0.25, 0.3) is 0 Å². The predicted octanol–water partition coefficient (Wildman–Crippen LogP) is 2.64. The number of hydrogen-bond acceptors (Lipinski definition) is 2. The molecule has 0 fully saturated rings. The van der Waals surface area contributed by atoms with Crippen LogP contribution >= 0.6 is 11.6 Å². The van der Waals surface area contributed by atoms with E-state index in [9.17, 15) is 4.79 Å². The van der Waals surface area contributed by atoms with Crippen molar-refractivity contribution < 1.29 is 9.90 Å². The van der Waals surface area contributed by atoms with Crippen LogP contribution < -0.4 is 5.32 Å². The molecule has 1 aromatic rings. The number of halogens is 1. The molecule has 112 valence electrons. The SMILES string of the molecule is CC(CO)N(C)C(=O)NCC(C)(C)c1ccccc1Cl. The monoisotopic (exact) mass is 298 g/mol. The summed E-state index contributed by atoms with van der Waals surface area (Å²) in [4.78, 5) is 13.5. The van der Waals surface area contributed by atoms with Gasteiger partial charge in [0.1, 0.15) is 0 Å². The first kappa shape index (κ1) is 16.8. The number of benzene rings is 1. The number of likely N-dealkylation sites (N-methyl/N-ethyl adjacent to an activating group) is 1. The Balaban J connectivity index is 2.69. The summed E-state index contributed by atoms with van der Waals surface area (Å²) < 4.78 is 0. The lowest BCUT2D eigenvalue weighted by Gasteiger charge is -2.29. The summed E-state index contributed by atoms with van der Waals surface area (Å²) in [6.07, 6.45) is 0. The highest BCUT2D eigenvalue weighted by atomic mass is 35.5. The molecule has 1 unspecified atom stereocenters. The summed E-state index contributed by atoms with van der Waals surface area (Å²) in [5.41, 5.74) is 0.733. The third-order valence-corrected chi connectivity index (χ3v) is 3.86. The lowest BCUT2D eigenvalue weighted by Crippen LogP contribution is -2.47. The number of carbonyl (C=O) groups is 1. The van der Waals surface area contributed by atoms with Crippen molar-refractivity contribution in [3.63, 3.8) is 0 Å². The van der Waals surface area contributed by atoms with E-state index in [0.29, 0.717) is 11.6 Å². The van der Waals surface area contributed by atoms with E-state index in [-0.39, 0.29) is 24.1 Å². The number of amides is 2. The molecule has 0 heterocycles. The number of aliphatic hydroxyl groups excluding tert-OH is 1. The number of nitrogens with one attached hydrogen (secondary N) is 1. The normalized spacial score (nSPS) is 12.9. The van der Waals surface area contributed by atoms with Crippen LogP contribution in [-0.4, -0.2) is 42.3 Å². The Morgan fingerprint density at radius 1 is 1.45 bits per heavy atom. The van der Waals surface area contributed by atoms with Crippen LogP contribution in [0.3, 0.4) is 0 Å². The van der Waals surface area contributed by atoms with Gasteiger partial charge in [0, 0.05) is 24.0 Å². The molecule has 0 radical (unpaired) electrons. The molecule has 0 bridgehead atoms. The van der Waals surface area contributed by atoms with Crippen molar-refractivity contribution in [1.29, 1.82) is 0 Å². The van der Waals surface area contributed by atoms with Gasteiger partial charge in [-0.15, -0.1) is 0 Å². The Morgan fingerprint density at radius 2 is 2.05 bits per heavy atom.